The van der Waals surface area contributed by atoms with Crippen LogP contribution in [0.1, 0.15) is 21.7 Å². The first kappa shape index (κ1) is 20.0. The van der Waals surface area contributed by atoms with Crippen LogP contribution in [0.4, 0.5) is 8.78 Å². The Labute approximate surface area is 164 Å². The Kier molecular flexibility index (Phi) is 5.76. The van der Waals surface area contributed by atoms with E-state index in [1.807, 2.05) is 0 Å². The Hall–Kier alpha value is -2.78. The third-order valence-corrected chi connectivity index (χ3v) is 5.60. The van der Waals surface area contributed by atoms with Gasteiger partial charge in [0, 0.05) is 18.0 Å². The minimum atomic E-state index is -4.34. The second-order valence-corrected chi connectivity index (χ2v) is 8.03. The van der Waals surface area contributed by atoms with Crippen LogP contribution >= 0.6 is 11.6 Å². The van der Waals surface area contributed by atoms with Gasteiger partial charge < -0.3 is 0 Å². The number of aromatic nitrogens is 3. The molecule has 0 spiro atoms. The summed E-state index contributed by atoms with van der Waals surface area (Å²) in [6.07, 6.45) is 2.58. The summed E-state index contributed by atoms with van der Waals surface area (Å²) in [6.45, 7) is 0. The molecule has 6 nitrogen and oxygen atoms in total. The molecule has 3 aromatic rings. The van der Waals surface area contributed by atoms with Gasteiger partial charge in [-0.25, -0.2) is 27.2 Å². The number of nitrogens with zero attached hydrogens (tertiary/aromatic N) is 3. The molecule has 0 N–H and O–H groups in total. The predicted molar refractivity (Wildman–Crippen MR) is 96.6 cm³/mol. The Morgan fingerprint density at radius 1 is 1.00 bits per heavy atom. The molecule has 0 atom stereocenters. The number of hydrogen-bond donors (Lipinski definition) is 0. The van der Waals surface area contributed by atoms with Crippen LogP contribution in [0.3, 0.4) is 0 Å². The molecule has 144 valence electrons. The van der Waals surface area contributed by atoms with Crippen LogP contribution in [0.15, 0.2) is 53.7 Å². The van der Waals surface area contributed by atoms with E-state index < -0.39 is 32.1 Å². The van der Waals surface area contributed by atoms with Gasteiger partial charge in [-0.1, -0.05) is 6.07 Å². The number of pyridine rings is 1. The Balaban J connectivity index is 1.84. The van der Waals surface area contributed by atoms with Crippen molar-refractivity contribution in [3.05, 3.63) is 82.7 Å². The highest BCUT2D eigenvalue weighted by Gasteiger charge is 2.25. The third kappa shape index (κ3) is 4.55. The fourth-order valence-corrected chi connectivity index (χ4v) is 4.10. The van der Waals surface area contributed by atoms with E-state index in [1.165, 1.54) is 30.6 Å². The average Bonchev–Trinajstić information content (AvgIpc) is 2.61. The van der Waals surface area contributed by atoms with Gasteiger partial charge in [-0.2, -0.15) is 0 Å². The fraction of sp³-hybridized carbons (Fsp3) is 0.111. The highest BCUT2D eigenvalue weighted by atomic mass is 35.5. The Morgan fingerprint density at radius 3 is 2.36 bits per heavy atom. The summed E-state index contributed by atoms with van der Waals surface area (Å²) in [6, 6.07) is 6.98. The van der Waals surface area contributed by atoms with E-state index in [0.717, 1.165) is 18.2 Å². The normalized spacial score (nSPS) is 11.4. The summed E-state index contributed by atoms with van der Waals surface area (Å²) >= 11 is 5.68. The number of halogens is 3. The van der Waals surface area contributed by atoms with Crippen LogP contribution in [0.25, 0.3) is 0 Å². The smallest absolute Gasteiger partial charge is 0.222 e. The molecular weight excluding hydrogens is 412 g/mol. The molecule has 0 aliphatic carbocycles. The molecule has 0 unspecified atom stereocenters. The zero-order valence-electron chi connectivity index (χ0n) is 14.1. The average molecular weight is 424 g/mol. The van der Waals surface area contributed by atoms with E-state index in [1.54, 1.807) is 0 Å². The van der Waals surface area contributed by atoms with E-state index in [0.29, 0.717) is 5.69 Å². The maximum absolute atomic E-state index is 13.8. The standard InChI is InChI=1S/C18H12ClF2N3O3S/c19-18-23-7-5-12(24-18)9-16(25)11-4-6-22-13(8-11)10-28(26,27)17-14(20)2-1-3-15(17)21/h1-8H,9-10H2. The second kappa shape index (κ2) is 8.07. The molecule has 0 bridgehead atoms. The van der Waals surface area contributed by atoms with Crippen molar-refractivity contribution in [2.24, 2.45) is 0 Å². The van der Waals surface area contributed by atoms with Gasteiger partial charge in [-0.3, -0.25) is 9.78 Å². The van der Waals surface area contributed by atoms with Crippen LogP contribution in [-0.2, 0) is 22.0 Å². The largest absolute Gasteiger partial charge is 0.294 e. The van der Waals surface area contributed by atoms with Gasteiger partial charge in [0.2, 0.25) is 5.28 Å². The monoisotopic (exact) mass is 423 g/mol. The zero-order chi connectivity index (χ0) is 20.3. The number of sulfone groups is 1. The zero-order valence-corrected chi connectivity index (χ0v) is 15.7. The number of Topliss-reactive ketones (excluding diaryl/α,β-unsaturated/α-hetero) is 1. The molecule has 10 heteroatoms. The minimum absolute atomic E-state index is 0.00118. The lowest BCUT2D eigenvalue weighted by Crippen LogP contribution is -2.12. The van der Waals surface area contributed by atoms with Crippen molar-refractivity contribution in [3.63, 3.8) is 0 Å². The van der Waals surface area contributed by atoms with Gasteiger partial charge in [0.25, 0.3) is 0 Å². The van der Waals surface area contributed by atoms with Gasteiger partial charge in [0.1, 0.15) is 16.5 Å². The first-order valence-electron chi connectivity index (χ1n) is 7.88. The van der Waals surface area contributed by atoms with Gasteiger partial charge in [0.15, 0.2) is 15.6 Å². The number of carbonyl (C=O) groups excluding carboxylic acids is 1. The second-order valence-electron chi connectivity index (χ2n) is 5.76. The molecule has 2 heterocycles. The van der Waals surface area contributed by atoms with Crippen LogP contribution in [0, 0.1) is 11.6 Å². The van der Waals surface area contributed by atoms with Gasteiger partial charge in [-0.05, 0) is 41.9 Å². The highest BCUT2D eigenvalue weighted by Crippen LogP contribution is 2.22. The number of carbonyl (C=O) groups is 1. The summed E-state index contributed by atoms with van der Waals surface area (Å²) < 4.78 is 52.5. The predicted octanol–water partition coefficient (Wildman–Crippen LogP) is 3.20. The van der Waals surface area contributed by atoms with Crippen molar-refractivity contribution in [3.8, 4) is 0 Å². The summed E-state index contributed by atoms with van der Waals surface area (Å²) in [5.41, 5.74) is 0.558. The van der Waals surface area contributed by atoms with Crippen molar-refractivity contribution < 1.29 is 22.0 Å². The molecule has 0 saturated heterocycles. The summed E-state index contributed by atoms with van der Waals surface area (Å²) in [5, 5.41) is -0.00118. The molecule has 2 aromatic heterocycles. The van der Waals surface area contributed by atoms with E-state index in [9.17, 15) is 22.0 Å². The third-order valence-electron chi connectivity index (χ3n) is 3.73. The van der Waals surface area contributed by atoms with Gasteiger partial charge >= 0.3 is 0 Å². The van der Waals surface area contributed by atoms with Crippen LogP contribution in [0.5, 0.6) is 0 Å². The summed E-state index contributed by atoms with van der Waals surface area (Å²) in [7, 11) is -4.34. The van der Waals surface area contributed by atoms with Crippen LogP contribution in [0.2, 0.25) is 5.28 Å². The van der Waals surface area contributed by atoms with Crippen molar-refractivity contribution in [1.82, 2.24) is 15.0 Å². The number of ketones is 1. The quantitative estimate of drug-likeness (QED) is 0.446. The lowest BCUT2D eigenvalue weighted by Gasteiger charge is -2.08. The molecule has 0 aliphatic rings. The minimum Gasteiger partial charge on any atom is -0.294 e. The SMILES string of the molecule is O=C(Cc1ccnc(Cl)n1)c1ccnc(CS(=O)(=O)c2c(F)cccc2F)c1. The molecule has 0 saturated carbocycles. The molecule has 3 rings (SSSR count). The lowest BCUT2D eigenvalue weighted by molar-refractivity contribution is 0.0991. The lowest BCUT2D eigenvalue weighted by atomic mass is 10.1. The van der Waals surface area contributed by atoms with Crippen molar-refractivity contribution in [2.75, 3.05) is 0 Å². The maximum Gasteiger partial charge on any atom is 0.222 e. The van der Waals surface area contributed by atoms with Crippen molar-refractivity contribution >= 4 is 27.2 Å². The maximum atomic E-state index is 13.8. The summed E-state index contributed by atoms with van der Waals surface area (Å²) in [5.74, 6) is -3.49. The molecule has 0 aliphatic heterocycles. The molecule has 1 aromatic carbocycles. The molecular formula is C18H12ClF2N3O3S. The fourth-order valence-electron chi connectivity index (χ4n) is 2.51. The van der Waals surface area contributed by atoms with E-state index >= 15 is 0 Å². The Bertz CT molecular complexity index is 1140. The van der Waals surface area contributed by atoms with E-state index in [2.05, 4.69) is 15.0 Å². The van der Waals surface area contributed by atoms with E-state index in [-0.39, 0.29) is 28.7 Å². The van der Waals surface area contributed by atoms with Crippen LogP contribution < -0.4 is 0 Å². The van der Waals surface area contributed by atoms with Gasteiger partial charge in [0.05, 0.1) is 23.6 Å². The first-order valence-corrected chi connectivity index (χ1v) is 9.91. The highest BCUT2D eigenvalue weighted by molar-refractivity contribution is 7.90. The van der Waals surface area contributed by atoms with Crippen molar-refractivity contribution in [1.29, 1.82) is 0 Å². The molecule has 0 radical (unpaired) electrons. The van der Waals surface area contributed by atoms with Gasteiger partial charge in [-0.15, -0.1) is 0 Å². The number of hydrogen-bond acceptors (Lipinski definition) is 6. The van der Waals surface area contributed by atoms with Crippen LogP contribution in [-0.4, -0.2) is 29.2 Å². The summed E-state index contributed by atoms with van der Waals surface area (Å²) in [4.78, 5) is 22.9. The topological polar surface area (TPSA) is 89.9 Å². The Morgan fingerprint density at radius 2 is 1.68 bits per heavy atom. The molecule has 0 amide bonds. The van der Waals surface area contributed by atoms with E-state index in [4.69, 9.17) is 11.6 Å². The first-order chi connectivity index (χ1) is 13.3. The molecule has 0 fully saturated rings. The van der Waals surface area contributed by atoms with Crippen molar-refractivity contribution in [2.45, 2.75) is 17.1 Å². The molecule has 28 heavy (non-hydrogen) atoms. The number of rotatable bonds is 6. The number of benzene rings is 1.